The summed E-state index contributed by atoms with van der Waals surface area (Å²) in [6.07, 6.45) is 0.623. The van der Waals surface area contributed by atoms with Gasteiger partial charge in [0.25, 0.3) is 0 Å². The monoisotopic (exact) mass is 312 g/mol. The zero-order valence-corrected chi connectivity index (χ0v) is 13.7. The first-order valence-corrected chi connectivity index (χ1v) is 7.13. The van der Waals surface area contributed by atoms with E-state index in [9.17, 15) is 4.79 Å². The Hall–Kier alpha value is -1.10. The Bertz CT molecular complexity index is 465. The summed E-state index contributed by atoms with van der Waals surface area (Å²) in [6.45, 7) is 7.21. The van der Waals surface area contributed by atoms with Crippen molar-refractivity contribution in [3.8, 4) is 0 Å². The van der Waals surface area contributed by atoms with Crippen LogP contribution >= 0.6 is 12.4 Å². The van der Waals surface area contributed by atoms with Crippen LogP contribution < -0.4 is 5.73 Å². The largest absolute Gasteiger partial charge is 0.369 e. The Balaban J connectivity index is 0.00000220. The molecule has 1 fully saturated rings. The Morgan fingerprint density at radius 2 is 2.05 bits per heavy atom. The van der Waals surface area contributed by atoms with Crippen molar-refractivity contribution in [2.75, 3.05) is 13.1 Å². The van der Waals surface area contributed by atoms with Gasteiger partial charge in [-0.3, -0.25) is 4.79 Å². The first-order chi connectivity index (χ1) is 9.37. The highest BCUT2D eigenvalue weighted by Gasteiger charge is 2.35. The van der Waals surface area contributed by atoms with Crippen LogP contribution in [0.1, 0.15) is 26.3 Å². The summed E-state index contributed by atoms with van der Waals surface area (Å²) in [7, 11) is 0. The lowest BCUT2D eigenvalue weighted by Crippen LogP contribution is -2.57. The van der Waals surface area contributed by atoms with Crippen molar-refractivity contribution in [1.82, 2.24) is 4.90 Å². The van der Waals surface area contributed by atoms with Gasteiger partial charge in [0.15, 0.2) is 0 Å². The van der Waals surface area contributed by atoms with Crippen molar-refractivity contribution in [3.05, 3.63) is 35.9 Å². The maximum absolute atomic E-state index is 12.5. The molecule has 21 heavy (non-hydrogen) atoms. The van der Waals surface area contributed by atoms with Crippen LogP contribution in [0.4, 0.5) is 0 Å². The van der Waals surface area contributed by atoms with Gasteiger partial charge in [0.05, 0.1) is 17.7 Å². The molecule has 0 bridgehead atoms. The van der Waals surface area contributed by atoms with E-state index < -0.39 is 6.04 Å². The molecule has 1 heterocycles. The number of rotatable bonds is 3. The quantitative estimate of drug-likeness (QED) is 0.929. The molecule has 1 aromatic rings. The first-order valence-electron chi connectivity index (χ1n) is 7.13. The van der Waals surface area contributed by atoms with Gasteiger partial charge in [-0.1, -0.05) is 30.3 Å². The molecule has 5 heteroatoms. The molecule has 0 saturated carbocycles. The lowest BCUT2D eigenvalue weighted by atomic mass is 10.0. The van der Waals surface area contributed by atoms with Crippen molar-refractivity contribution >= 4 is 18.3 Å². The van der Waals surface area contributed by atoms with E-state index in [0.717, 1.165) is 5.56 Å². The number of hydrogen-bond acceptors (Lipinski definition) is 3. The SMILES string of the molecule is CC1CN(C(=O)[C@@H](N)Cc2ccccc2)CC(C)(C)O1.Cl. The second-order valence-electron chi connectivity index (χ2n) is 6.20. The molecule has 1 aromatic carbocycles. The van der Waals surface area contributed by atoms with Gasteiger partial charge in [0.2, 0.25) is 5.91 Å². The third kappa shape index (κ3) is 4.99. The molecule has 2 N–H and O–H groups in total. The molecule has 1 saturated heterocycles. The number of halogens is 1. The number of amides is 1. The number of benzene rings is 1. The Kier molecular flexibility index (Phi) is 6.20. The van der Waals surface area contributed by atoms with Gasteiger partial charge in [-0.2, -0.15) is 0 Å². The van der Waals surface area contributed by atoms with Crippen LogP contribution in [-0.2, 0) is 16.0 Å². The van der Waals surface area contributed by atoms with Gasteiger partial charge >= 0.3 is 0 Å². The highest BCUT2D eigenvalue weighted by molar-refractivity contribution is 5.85. The normalized spacial score (nSPS) is 22.3. The number of ether oxygens (including phenoxy) is 1. The number of morpholine rings is 1. The molecule has 0 aliphatic carbocycles. The van der Waals surface area contributed by atoms with Crippen LogP contribution in [0.3, 0.4) is 0 Å². The van der Waals surface area contributed by atoms with Gasteiger partial charge < -0.3 is 15.4 Å². The fourth-order valence-electron chi connectivity index (χ4n) is 2.81. The zero-order valence-electron chi connectivity index (χ0n) is 12.9. The minimum atomic E-state index is -0.488. The van der Waals surface area contributed by atoms with Gasteiger partial charge in [-0.05, 0) is 32.8 Å². The van der Waals surface area contributed by atoms with Crippen LogP contribution in [0.5, 0.6) is 0 Å². The number of nitrogens with zero attached hydrogens (tertiary/aromatic N) is 1. The lowest BCUT2D eigenvalue weighted by molar-refractivity contribution is -0.159. The summed E-state index contributed by atoms with van der Waals surface area (Å²) in [5.74, 6) is 0.0112. The van der Waals surface area contributed by atoms with E-state index in [1.54, 1.807) is 0 Å². The third-order valence-corrected chi connectivity index (χ3v) is 3.50. The number of carbonyl (C=O) groups excluding carboxylic acids is 1. The summed E-state index contributed by atoms with van der Waals surface area (Å²) in [5.41, 5.74) is 6.87. The van der Waals surface area contributed by atoms with E-state index >= 15 is 0 Å². The zero-order chi connectivity index (χ0) is 14.8. The molecule has 1 amide bonds. The molecule has 118 valence electrons. The smallest absolute Gasteiger partial charge is 0.240 e. The van der Waals surface area contributed by atoms with Gasteiger partial charge in [-0.15, -0.1) is 12.4 Å². The second-order valence-corrected chi connectivity index (χ2v) is 6.20. The predicted octanol–water partition coefficient (Wildman–Crippen LogP) is 2.00. The maximum atomic E-state index is 12.5. The summed E-state index contributed by atoms with van der Waals surface area (Å²) in [6, 6.07) is 9.40. The molecule has 1 aliphatic rings. The molecule has 2 atom stereocenters. The second kappa shape index (κ2) is 7.25. The highest BCUT2D eigenvalue weighted by Crippen LogP contribution is 2.21. The highest BCUT2D eigenvalue weighted by atomic mass is 35.5. The minimum absolute atomic E-state index is 0. The Morgan fingerprint density at radius 1 is 1.43 bits per heavy atom. The lowest BCUT2D eigenvalue weighted by Gasteiger charge is -2.42. The van der Waals surface area contributed by atoms with Gasteiger partial charge in [0, 0.05) is 13.1 Å². The van der Waals surface area contributed by atoms with Gasteiger partial charge in [0.1, 0.15) is 0 Å². The number of hydrogen-bond donors (Lipinski definition) is 1. The molecule has 2 rings (SSSR count). The standard InChI is InChI=1S/C16H24N2O2.ClH/c1-12-10-18(11-16(2,3)20-12)15(19)14(17)9-13-7-5-4-6-8-13;/h4-8,12,14H,9-11,17H2,1-3H3;1H/t12?,14-;/m0./s1. The summed E-state index contributed by atoms with van der Waals surface area (Å²) < 4.78 is 5.82. The summed E-state index contributed by atoms with van der Waals surface area (Å²) >= 11 is 0. The van der Waals surface area contributed by atoms with E-state index in [-0.39, 0.29) is 30.0 Å². The van der Waals surface area contributed by atoms with Crippen LogP contribution in [0.15, 0.2) is 30.3 Å². The van der Waals surface area contributed by atoms with Crippen LogP contribution in [0, 0.1) is 0 Å². The minimum Gasteiger partial charge on any atom is -0.369 e. The van der Waals surface area contributed by atoms with Crippen molar-refractivity contribution in [2.45, 2.75) is 44.9 Å². The van der Waals surface area contributed by atoms with E-state index in [4.69, 9.17) is 10.5 Å². The Labute approximate surface area is 133 Å². The molecule has 0 aromatic heterocycles. The predicted molar refractivity (Wildman–Crippen MR) is 86.6 cm³/mol. The molecular formula is C16H25ClN2O2. The first kappa shape index (κ1) is 18.0. The molecule has 0 spiro atoms. The third-order valence-electron chi connectivity index (χ3n) is 3.50. The Morgan fingerprint density at radius 3 is 2.62 bits per heavy atom. The molecular weight excluding hydrogens is 288 g/mol. The average Bonchev–Trinajstić information content (AvgIpc) is 2.36. The molecule has 1 unspecified atom stereocenters. The number of nitrogens with two attached hydrogens (primary N) is 1. The number of carbonyl (C=O) groups is 1. The summed E-state index contributed by atoms with van der Waals surface area (Å²) in [4.78, 5) is 14.3. The maximum Gasteiger partial charge on any atom is 0.240 e. The van der Waals surface area contributed by atoms with Gasteiger partial charge in [-0.25, -0.2) is 0 Å². The van der Waals surface area contributed by atoms with Crippen LogP contribution in [-0.4, -0.2) is 41.6 Å². The fourth-order valence-corrected chi connectivity index (χ4v) is 2.81. The fraction of sp³-hybridized carbons (Fsp3) is 0.562. The molecule has 0 radical (unpaired) electrons. The molecule has 1 aliphatic heterocycles. The molecule has 4 nitrogen and oxygen atoms in total. The van der Waals surface area contributed by atoms with Crippen LogP contribution in [0.25, 0.3) is 0 Å². The van der Waals surface area contributed by atoms with Crippen molar-refractivity contribution in [3.63, 3.8) is 0 Å². The van der Waals surface area contributed by atoms with Crippen molar-refractivity contribution in [2.24, 2.45) is 5.73 Å². The average molecular weight is 313 g/mol. The van der Waals surface area contributed by atoms with E-state index in [2.05, 4.69) is 0 Å². The van der Waals surface area contributed by atoms with Crippen molar-refractivity contribution in [1.29, 1.82) is 0 Å². The van der Waals surface area contributed by atoms with Crippen LogP contribution in [0.2, 0.25) is 0 Å². The van der Waals surface area contributed by atoms with E-state index in [1.807, 2.05) is 56.0 Å². The van der Waals surface area contributed by atoms with Crippen molar-refractivity contribution < 1.29 is 9.53 Å². The van der Waals surface area contributed by atoms with E-state index in [1.165, 1.54) is 0 Å². The summed E-state index contributed by atoms with van der Waals surface area (Å²) in [5, 5.41) is 0. The van der Waals surface area contributed by atoms with E-state index in [0.29, 0.717) is 19.5 Å². The topological polar surface area (TPSA) is 55.6 Å².